The lowest BCUT2D eigenvalue weighted by atomic mass is 10.1. The van der Waals surface area contributed by atoms with Crippen LogP contribution in [0.5, 0.6) is 5.75 Å². The van der Waals surface area contributed by atoms with Gasteiger partial charge in [0.2, 0.25) is 5.91 Å². The van der Waals surface area contributed by atoms with E-state index in [1.807, 2.05) is 60.4 Å². The second kappa shape index (κ2) is 10.3. The molecule has 0 aromatic heterocycles. The van der Waals surface area contributed by atoms with E-state index in [0.717, 1.165) is 22.6 Å². The van der Waals surface area contributed by atoms with Crippen LogP contribution in [0.3, 0.4) is 0 Å². The maximum Gasteiger partial charge on any atom is 0.224 e. The number of carbonyl (C=O) groups is 1. The highest BCUT2D eigenvalue weighted by molar-refractivity contribution is 5.78. The number of methoxy groups -OCH3 is 1. The number of anilines is 1. The normalized spacial score (nSPS) is 15.5. The molecule has 1 heterocycles. The fraction of sp³-hybridized carbons (Fsp3) is 0.435. The van der Waals surface area contributed by atoms with Gasteiger partial charge in [0.15, 0.2) is 0 Å². The van der Waals surface area contributed by atoms with E-state index < -0.39 is 6.10 Å². The smallest absolute Gasteiger partial charge is 0.224 e. The number of hydrogen-bond donors (Lipinski definition) is 1. The number of fused-ring (bicyclic) bond motifs is 1. The Kier molecular flexibility index (Phi) is 7.49. The number of carbonyl (C=O) groups excluding carboxylic acids is 1. The average Bonchev–Trinajstić information content (AvgIpc) is 2.74. The molecular weight excluding hydrogens is 368 g/mol. The van der Waals surface area contributed by atoms with Gasteiger partial charge in [-0.05, 0) is 36.2 Å². The van der Waals surface area contributed by atoms with Crippen molar-refractivity contribution in [1.29, 1.82) is 0 Å². The minimum absolute atomic E-state index is 0.126. The van der Waals surface area contributed by atoms with Crippen LogP contribution < -0.4 is 9.64 Å². The Morgan fingerprint density at radius 1 is 1.14 bits per heavy atom. The van der Waals surface area contributed by atoms with Crippen molar-refractivity contribution in [2.75, 3.05) is 38.3 Å². The zero-order chi connectivity index (χ0) is 20.6. The monoisotopic (exact) mass is 398 g/mol. The molecule has 1 N–H and O–H groups in total. The zero-order valence-corrected chi connectivity index (χ0v) is 17.2. The molecule has 0 saturated carbocycles. The van der Waals surface area contributed by atoms with Gasteiger partial charge in [0.1, 0.15) is 5.75 Å². The molecule has 0 bridgehead atoms. The molecule has 29 heavy (non-hydrogen) atoms. The molecule has 0 unspecified atom stereocenters. The number of hydrogen-bond acceptors (Lipinski definition) is 5. The van der Waals surface area contributed by atoms with Crippen molar-refractivity contribution in [2.24, 2.45) is 0 Å². The van der Waals surface area contributed by atoms with Gasteiger partial charge in [0.25, 0.3) is 0 Å². The van der Waals surface area contributed by atoms with Crippen LogP contribution in [0.15, 0.2) is 48.5 Å². The minimum Gasteiger partial charge on any atom is -0.497 e. The second-order valence-corrected chi connectivity index (χ2v) is 7.25. The summed E-state index contributed by atoms with van der Waals surface area (Å²) in [5, 5.41) is 10.5. The molecule has 1 amide bonds. The van der Waals surface area contributed by atoms with E-state index in [4.69, 9.17) is 9.47 Å². The first-order valence-corrected chi connectivity index (χ1v) is 10.1. The number of aliphatic hydroxyl groups excluding tert-OH is 1. The number of rotatable bonds is 8. The summed E-state index contributed by atoms with van der Waals surface area (Å²) in [6.45, 7) is 4.88. The molecule has 3 rings (SSSR count). The van der Waals surface area contributed by atoms with Gasteiger partial charge in [-0.15, -0.1) is 0 Å². The van der Waals surface area contributed by atoms with E-state index in [0.29, 0.717) is 39.2 Å². The average molecular weight is 399 g/mol. The predicted molar refractivity (Wildman–Crippen MR) is 113 cm³/mol. The van der Waals surface area contributed by atoms with Gasteiger partial charge in [0, 0.05) is 38.3 Å². The third-order valence-electron chi connectivity index (χ3n) is 5.17. The molecule has 1 aliphatic rings. The first-order valence-electron chi connectivity index (χ1n) is 10.1. The molecule has 0 spiro atoms. The maximum atomic E-state index is 12.5. The SMILES string of the molecule is CCN1Cc2cc(OC)ccc2N(C[C@@H](O)COCc2ccccc2)CCC1=O. The fourth-order valence-corrected chi connectivity index (χ4v) is 3.60. The minimum atomic E-state index is -0.648. The lowest BCUT2D eigenvalue weighted by Gasteiger charge is -2.34. The van der Waals surface area contributed by atoms with Crippen LogP contribution in [0.1, 0.15) is 24.5 Å². The molecule has 2 aromatic carbocycles. The van der Waals surface area contributed by atoms with E-state index in [1.54, 1.807) is 7.11 Å². The number of aliphatic hydroxyl groups is 1. The summed E-state index contributed by atoms with van der Waals surface area (Å²) in [4.78, 5) is 16.4. The van der Waals surface area contributed by atoms with Gasteiger partial charge >= 0.3 is 0 Å². The third-order valence-corrected chi connectivity index (χ3v) is 5.17. The van der Waals surface area contributed by atoms with E-state index in [9.17, 15) is 9.90 Å². The molecule has 0 fully saturated rings. The highest BCUT2D eigenvalue weighted by Gasteiger charge is 2.23. The quantitative estimate of drug-likeness (QED) is 0.741. The number of amides is 1. The summed E-state index contributed by atoms with van der Waals surface area (Å²) in [7, 11) is 1.64. The molecule has 0 radical (unpaired) electrons. The summed E-state index contributed by atoms with van der Waals surface area (Å²) in [6, 6.07) is 15.8. The number of benzene rings is 2. The topological polar surface area (TPSA) is 62.2 Å². The number of nitrogens with zero attached hydrogens (tertiary/aromatic N) is 2. The third kappa shape index (κ3) is 5.71. The van der Waals surface area contributed by atoms with E-state index in [-0.39, 0.29) is 12.5 Å². The molecule has 1 atom stereocenters. The molecule has 0 aliphatic carbocycles. The van der Waals surface area contributed by atoms with E-state index >= 15 is 0 Å². The summed E-state index contributed by atoms with van der Waals surface area (Å²) < 4.78 is 11.1. The Labute approximate surface area is 172 Å². The Balaban J connectivity index is 1.68. The lowest BCUT2D eigenvalue weighted by Crippen LogP contribution is -2.41. The summed E-state index contributed by atoms with van der Waals surface area (Å²) in [5.74, 6) is 0.889. The fourth-order valence-electron chi connectivity index (χ4n) is 3.60. The highest BCUT2D eigenvalue weighted by atomic mass is 16.5. The molecule has 2 aromatic rings. The van der Waals surface area contributed by atoms with Gasteiger partial charge in [-0.2, -0.15) is 0 Å². The van der Waals surface area contributed by atoms with Crippen LogP contribution in [-0.4, -0.2) is 55.4 Å². The second-order valence-electron chi connectivity index (χ2n) is 7.25. The van der Waals surface area contributed by atoms with Crippen LogP contribution >= 0.6 is 0 Å². The summed E-state index contributed by atoms with van der Waals surface area (Å²) >= 11 is 0. The molecular formula is C23H30N2O4. The Morgan fingerprint density at radius 2 is 1.93 bits per heavy atom. The Morgan fingerprint density at radius 3 is 2.66 bits per heavy atom. The van der Waals surface area contributed by atoms with Crippen LogP contribution in [0, 0.1) is 0 Å². The van der Waals surface area contributed by atoms with Crippen molar-refractivity contribution in [3.8, 4) is 5.75 Å². The van der Waals surface area contributed by atoms with Crippen molar-refractivity contribution in [3.63, 3.8) is 0 Å². The Bertz CT molecular complexity index is 797. The molecule has 156 valence electrons. The van der Waals surface area contributed by atoms with Crippen LogP contribution in [-0.2, 0) is 22.7 Å². The first-order chi connectivity index (χ1) is 14.1. The highest BCUT2D eigenvalue weighted by Crippen LogP contribution is 2.29. The molecule has 6 heteroatoms. The number of ether oxygens (including phenoxy) is 2. The van der Waals surface area contributed by atoms with Gasteiger partial charge in [-0.25, -0.2) is 0 Å². The summed E-state index contributed by atoms with van der Waals surface area (Å²) in [5.41, 5.74) is 3.13. The standard InChI is InChI=1S/C23H30N2O4/c1-3-24-14-19-13-21(28-2)9-10-22(19)25(12-11-23(24)27)15-20(26)17-29-16-18-7-5-4-6-8-18/h4-10,13,20,26H,3,11-12,14-17H2,1-2H3/t20-/m1/s1. The van der Waals surface area contributed by atoms with Crippen molar-refractivity contribution in [2.45, 2.75) is 32.6 Å². The maximum absolute atomic E-state index is 12.5. The van der Waals surface area contributed by atoms with Crippen molar-refractivity contribution in [3.05, 3.63) is 59.7 Å². The molecule has 1 aliphatic heterocycles. The Hall–Kier alpha value is -2.57. The van der Waals surface area contributed by atoms with Crippen LogP contribution in [0.4, 0.5) is 5.69 Å². The van der Waals surface area contributed by atoms with Crippen molar-refractivity contribution < 1.29 is 19.4 Å². The van der Waals surface area contributed by atoms with Crippen molar-refractivity contribution >= 4 is 11.6 Å². The zero-order valence-electron chi connectivity index (χ0n) is 17.2. The van der Waals surface area contributed by atoms with Crippen LogP contribution in [0.25, 0.3) is 0 Å². The van der Waals surface area contributed by atoms with Gasteiger partial charge < -0.3 is 24.4 Å². The van der Waals surface area contributed by atoms with Gasteiger partial charge in [-0.3, -0.25) is 4.79 Å². The first kappa shape index (κ1) is 21.1. The van der Waals surface area contributed by atoms with E-state index in [1.165, 1.54) is 0 Å². The summed E-state index contributed by atoms with van der Waals surface area (Å²) in [6.07, 6.45) is -0.220. The van der Waals surface area contributed by atoms with Crippen LogP contribution in [0.2, 0.25) is 0 Å². The van der Waals surface area contributed by atoms with Crippen molar-refractivity contribution in [1.82, 2.24) is 4.90 Å². The predicted octanol–water partition coefficient (Wildman–Crippen LogP) is 2.83. The van der Waals surface area contributed by atoms with E-state index in [2.05, 4.69) is 4.90 Å². The number of β-amino-alcohol motifs (C(OH)–C–C–N with tert-alkyl or cyclic N) is 1. The van der Waals surface area contributed by atoms with Gasteiger partial charge in [-0.1, -0.05) is 30.3 Å². The largest absolute Gasteiger partial charge is 0.497 e. The lowest BCUT2D eigenvalue weighted by molar-refractivity contribution is -0.131. The van der Waals surface area contributed by atoms with Gasteiger partial charge in [0.05, 0.1) is 26.4 Å². The molecule has 0 saturated heterocycles. The molecule has 6 nitrogen and oxygen atoms in total.